The molecule has 2 aromatic rings. The number of pyridine rings is 1. The van der Waals surface area contributed by atoms with Crippen LogP contribution in [0.1, 0.15) is 19.8 Å². The molecule has 1 aromatic heterocycles. The summed E-state index contributed by atoms with van der Waals surface area (Å²) in [6.45, 7) is 4.12. The number of piperidine rings is 1. The summed E-state index contributed by atoms with van der Waals surface area (Å²) >= 11 is 0. The van der Waals surface area contributed by atoms with E-state index in [4.69, 9.17) is 15.2 Å². The summed E-state index contributed by atoms with van der Waals surface area (Å²) in [5.41, 5.74) is 6.22. The van der Waals surface area contributed by atoms with Crippen molar-refractivity contribution < 1.29 is 14.3 Å². The van der Waals surface area contributed by atoms with Gasteiger partial charge < -0.3 is 20.1 Å². The van der Waals surface area contributed by atoms with Crippen molar-refractivity contribution in [3.8, 4) is 0 Å². The molecule has 1 aliphatic heterocycles. The van der Waals surface area contributed by atoms with Crippen LogP contribution in [0, 0.1) is 5.92 Å². The predicted octanol–water partition coefficient (Wildman–Crippen LogP) is 2.50. The zero-order chi connectivity index (χ0) is 19.2. The number of hydrogen-bond acceptors (Lipinski definition) is 6. The number of primary amides is 1. The number of nitrogens with two attached hydrogens (primary N) is 1. The molecule has 1 aliphatic rings. The number of anilines is 1. The number of ether oxygens (including phenoxy) is 2. The van der Waals surface area contributed by atoms with E-state index in [1.54, 1.807) is 7.05 Å². The van der Waals surface area contributed by atoms with Gasteiger partial charge in [0.25, 0.3) is 0 Å². The first kappa shape index (κ1) is 19.4. The Morgan fingerprint density at radius 1 is 1.33 bits per heavy atom. The summed E-state index contributed by atoms with van der Waals surface area (Å²) in [6, 6.07) is 8.36. The average molecular weight is 372 g/mol. The number of nitrogens with zero attached hydrogens (tertiary/aromatic N) is 2. The molecule has 2 heterocycles. The fourth-order valence-electron chi connectivity index (χ4n) is 3.68. The van der Waals surface area contributed by atoms with Gasteiger partial charge in [-0.25, -0.2) is 4.79 Å². The first-order chi connectivity index (χ1) is 13.1. The van der Waals surface area contributed by atoms with E-state index in [1.807, 2.05) is 18.5 Å². The Bertz CT molecular complexity index is 756. The van der Waals surface area contributed by atoms with E-state index in [0.717, 1.165) is 25.9 Å². The zero-order valence-corrected chi connectivity index (χ0v) is 15.9. The van der Waals surface area contributed by atoms with Gasteiger partial charge in [-0.05, 0) is 32.7 Å². The summed E-state index contributed by atoms with van der Waals surface area (Å²) in [4.78, 5) is 17.6. The van der Waals surface area contributed by atoms with E-state index >= 15 is 0 Å². The van der Waals surface area contributed by atoms with Gasteiger partial charge in [0, 0.05) is 30.1 Å². The molecule has 146 valence electrons. The second-order valence-corrected chi connectivity index (χ2v) is 6.95. The lowest BCUT2D eigenvalue weighted by molar-refractivity contribution is -0.0725. The quantitative estimate of drug-likeness (QED) is 0.726. The normalized spacial score (nSPS) is 17.6. The van der Waals surface area contributed by atoms with Crippen molar-refractivity contribution in [2.24, 2.45) is 11.7 Å². The molecule has 0 spiro atoms. The minimum absolute atomic E-state index is 0.0618. The monoisotopic (exact) mass is 372 g/mol. The number of nitrogens with one attached hydrogen (secondary N) is 1. The van der Waals surface area contributed by atoms with Gasteiger partial charge in [0.2, 0.25) is 0 Å². The van der Waals surface area contributed by atoms with Gasteiger partial charge in [0.05, 0.1) is 18.0 Å². The number of benzene rings is 1. The highest BCUT2D eigenvalue weighted by Gasteiger charge is 2.27. The molecule has 0 aliphatic carbocycles. The number of hydrogen-bond donors (Lipinski definition) is 2. The standard InChI is InChI=1S/C20H28N4O3/c1-14(27-19(22-2)13-26-20(21)25)15-7-9-24(10-8-15)18-12-23-11-16-5-3-4-6-17(16)18/h3-6,11-12,14-15,19,22H,7-10,13H2,1-2H3,(H2,21,25). The van der Waals surface area contributed by atoms with Crippen LogP contribution in [0.5, 0.6) is 0 Å². The van der Waals surface area contributed by atoms with Crippen LogP contribution in [0.25, 0.3) is 10.8 Å². The number of carbonyl (C=O) groups is 1. The van der Waals surface area contributed by atoms with Gasteiger partial charge in [0.15, 0.2) is 0 Å². The molecule has 1 amide bonds. The first-order valence-electron chi connectivity index (χ1n) is 9.41. The Kier molecular flexibility index (Phi) is 6.47. The Morgan fingerprint density at radius 2 is 2.07 bits per heavy atom. The topological polar surface area (TPSA) is 89.7 Å². The van der Waals surface area contributed by atoms with Crippen LogP contribution in [-0.2, 0) is 9.47 Å². The fourth-order valence-corrected chi connectivity index (χ4v) is 3.68. The van der Waals surface area contributed by atoms with Gasteiger partial charge >= 0.3 is 6.09 Å². The zero-order valence-electron chi connectivity index (χ0n) is 15.9. The highest BCUT2D eigenvalue weighted by Crippen LogP contribution is 2.31. The minimum Gasteiger partial charge on any atom is -0.445 e. The Balaban J connectivity index is 1.57. The lowest BCUT2D eigenvalue weighted by Crippen LogP contribution is -2.42. The number of likely N-dealkylation sites (N-methyl/N-ethyl adjacent to an activating group) is 1. The number of amides is 1. The molecular formula is C20H28N4O3. The van der Waals surface area contributed by atoms with Crippen LogP contribution in [0.2, 0.25) is 0 Å². The van der Waals surface area contributed by atoms with Crippen LogP contribution < -0.4 is 16.0 Å². The summed E-state index contributed by atoms with van der Waals surface area (Å²) in [5, 5.41) is 5.42. The van der Waals surface area contributed by atoms with Crippen LogP contribution in [0.3, 0.4) is 0 Å². The predicted molar refractivity (Wildman–Crippen MR) is 106 cm³/mol. The highest BCUT2D eigenvalue weighted by molar-refractivity contribution is 5.93. The summed E-state index contributed by atoms with van der Waals surface area (Å²) in [7, 11) is 1.78. The maximum absolute atomic E-state index is 10.8. The lowest BCUT2D eigenvalue weighted by Gasteiger charge is -2.37. The highest BCUT2D eigenvalue weighted by atomic mass is 16.6. The largest absolute Gasteiger partial charge is 0.445 e. The van der Waals surface area contributed by atoms with Crippen LogP contribution in [0.4, 0.5) is 10.5 Å². The van der Waals surface area contributed by atoms with Gasteiger partial charge in [-0.1, -0.05) is 24.3 Å². The van der Waals surface area contributed by atoms with E-state index in [9.17, 15) is 4.79 Å². The van der Waals surface area contributed by atoms with Gasteiger partial charge in [-0.15, -0.1) is 0 Å². The van der Waals surface area contributed by atoms with Crippen LogP contribution in [-0.4, -0.2) is 50.2 Å². The van der Waals surface area contributed by atoms with E-state index in [2.05, 4.69) is 40.3 Å². The third-order valence-corrected chi connectivity index (χ3v) is 5.27. The second kappa shape index (κ2) is 9.01. The minimum atomic E-state index is -0.788. The van der Waals surface area contributed by atoms with Gasteiger partial charge in [0.1, 0.15) is 12.8 Å². The van der Waals surface area contributed by atoms with E-state index < -0.39 is 6.09 Å². The molecule has 7 nitrogen and oxygen atoms in total. The molecule has 3 rings (SSSR count). The maximum Gasteiger partial charge on any atom is 0.404 e. The third kappa shape index (κ3) is 4.87. The summed E-state index contributed by atoms with van der Waals surface area (Å²) < 4.78 is 10.9. The van der Waals surface area contributed by atoms with Crippen molar-refractivity contribution in [3.05, 3.63) is 36.7 Å². The number of carbonyl (C=O) groups excluding carboxylic acids is 1. The molecule has 0 radical (unpaired) electrons. The maximum atomic E-state index is 10.8. The van der Waals surface area contributed by atoms with Crippen molar-refractivity contribution in [3.63, 3.8) is 0 Å². The molecule has 1 saturated heterocycles. The van der Waals surface area contributed by atoms with Gasteiger partial charge in [-0.2, -0.15) is 0 Å². The van der Waals surface area contributed by atoms with Crippen molar-refractivity contribution >= 4 is 22.6 Å². The number of aromatic nitrogens is 1. The molecule has 7 heteroatoms. The average Bonchev–Trinajstić information content (AvgIpc) is 2.70. The Labute approximate surface area is 159 Å². The molecule has 2 unspecified atom stereocenters. The lowest BCUT2D eigenvalue weighted by atomic mass is 9.91. The summed E-state index contributed by atoms with van der Waals surface area (Å²) in [6.07, 6.45) is 4.87. The molecular weight excluding hydrogens is 344 g/mol. The van der Waals surface area contributed by atoms with Crippen molar-refractivity contribution in [2.45, 2.75) is 32.1 Å². The number of fused-ring (bicyclic) bond motifs is 1. The van der Waals surface area contributed by atoms with Gasteiger partial charge in [-0.3, -0.25) is 10.3 Å². The number of rotatable bonds is 7. The van der Waals surface area contributed by atoms with Crippen LogP contribution in [0.15, 0.2) is 36.7 Å². The fraction of sp³-hybridized carbons (Fsp3) is 0.500. The van der Waals surface area contributed by atoms with E-state index in [1.165, 1.54) is 16.5 Å². The Hall–Kier alpha value is -2.38. The smallest absolute Gasteiger partial charge is 0.404 e. The van der Waals surface area contributed by atoms with Crippen molar-refractivity contribution in [1.29, 1.82) is 0 Å². The Morgan fingerprint density at radius 3 is 2.78 bits per heavy atom. The van der Waals surface area contributed by atoms with Crippen molar-refractivity contribution in [2.75, 3.05) is 31.6 Å². The SMILES string of the molecule is CNC(COC(N)=O)OC(C)C1CCN(c2cncc3ccccc23)CC1. The third-order valence-electron chi connectivity index (χ3n) is 5.27. The molecule has 0 bridgehead atoms. The van der Waals surface area contributed by atoms with Crippen molar-refractivity contribution in [1.82, 2.24) is 10.3 Å². The first-order valence-corrected chi connectivity index (χ1v) is 9.41. The summed E-state index contributed by atoms with van der Waals surface area (Å²) in [5.74, 6) is 0.452. The molecule has 1 aromatic carbocycles. The second-order valence-electron chi connectivity index (χ2n) is 6.95. The molecule has 2 atom stereocenters. The molecule has 1 fully saturated rings. The van der Waals surface area contributed by atoms with E-state index in [-0.39, 0.29) is 18.9 Å². The van der Waals surface area contributed by atoms with Crippen LogP contribution >= 0.6 is 0 Å². The molecule has 3 N–H and O–H groups in total. The molecule has 27 heavy (non-hydrogen) atoms. The molecule has 0 saturated carbocycles. The van der Waals surface area contributed by atoms with E-state index in [0.29, 0.717) is 5.92 Å².